The minimum atomic E-state index is 0.699. The summed E-state index contributed by atoms with van der Waals surface area (Å²) in [5.74, 6) is 0. The van der Waals surface area contributed by atoms with Crippen LogP contribution in [-0.4, -0.2) is 24.1 Å². The molecule has 1 aromatic heterocycles. The van der Waals surface area contributed by atoms with Crippen LogP contribution >= 0.6 is 15.9 Å². The Labute approximate surface area is 105 Å². The normalized spacial score (nSPS) is 15.9. The van der Waals surface area contributed by atoms with Gasteiger partial charge in [0.15, 0.2) is 0 Å². The van der Waals surface area contributed by atoms with Gasteiger partial charge in [-0.2, -0.15) is 0 Å². The van der Waals surface area contributed by atoms with E-state index in [2.05, 4.69) is 31.9 Å². The van der Waals surface area contributed by atoms with Crippen molar-refractivity contribution in [2.45, 2.75) is 31.7 Å². The zero-order valence-electron chi connectivity index (χ0n) is 9.40. The topological polar surface area (TPSA) is 42.1 Å². The summed E-state index contributed by atoms with van der Waals surface area (Å²) in [6, 6.07) is 2.78. The van der Waals surface area contributed by atoms with Gasteiger partial charge in [-0.1, -0.05) is 0 Å². The van der Waals surface area contributed by atoms with E-state index in [0.29, 0.717) is 6.04 Å². The second-order valence-corrected chi connectivity index (χ2v) is 5.10. The lowest BCUT2D eigenvalue weighted by Gasteiger charge is -2.39. The van der Waals surface area contributed by atoms with Gasteiger partial charge < -0.3 is 10.6 Å². The zero-order chi connectivity index (χ0) is 11.4. The fraction of sp³-hybridized carbons (Fsp3) is 0.583. The van der Waals surface area contributed by atoms with Crippen LogP contribution in [0, 0.1) is 0 Å². The molecule has 2 N–H and O–H groups in total. The fourth-order valence-electron chi connectivity index (χ4n) is 2.06. The van der Waals surface area contributed by atoms with Gasteiger partial charge >= 0.3 is 0 Å². The number of aromatic nitrogens is 1. The van der Waals surface area contributed by atoms with E-state index in [4.69, 9.17) is 5.73 Å². The predicted molar refractivity (Wildman–Crippen MR) is 70.6 cm³/mol. The van der Waals surface area contributed by atoms with Crippen molar-refractivity contribution in [1.82, 2.24) is 4.98 Å². The largest absolute Gasteiger partial charge is 0.368 e. The fourth-order valence-corrected chi connectivity index (χ4v) is 2.54. The Morgan fingerprint density at radius 1 is 1.50 bits per heavy atom. The molecule has 16 heavy (non-hydrogen) atoms. The van der Waals surface area contributed by atoms with Gasteiger partial charge in [0.2, 0.25) is 0 Å². The van der Waals surface area contributed by atoms with Crippen LogP contribution in [0.1, 0.15) is 25.7 Å². The van der Waals surface area contributed by atoms with Gasteiger partial charge in [-0.15, -0.1) is 0 Å². The third-order valence-electron chi connectivity index (χ3n) is 3.18. The standard InChI is InChI=1S/C12H18BrN3/c13-11-9-15-7-5-12(11)16(8-2-6-14)10-3-1-4-10/h5,7,9-10H,1-4,6,8,14H2. The second-order valence-electron chi connectivity index (χ2n) is 4.25. The first-order chi connectivity index (χ1) is 7.83. The first-order valence-corrected chi connectivity index (χ1v) is 6.68. The van der Waals surface area contributed by atoms with E-state index in [1.165, 1.54) is 24.9 Å². The molecular formula is C12H18BrN3. The predicted octanol–water partition coefficient (Wildman–Crippen LogP) is 2.55. The quantitative estimate of drug-likeness (QED) is 0.903. The highest BCUT2D eigenvalue weighted by atomic mass is 79.9. The van der Waals surface area contributed by atoms with Gasteiger partial charge in [0, 0.05) is 25.0 Å². The Morgan fingerprint density at radius 3 is 2.88 bits per heavy atom. The van der Waals surface area contributed by atoms with E-state index < -0.39 is 0 Å². The molecule has 1 fully saturated rings. The molecule has 1 heterocycles. The highest BCUT2D eigenvalue weighted by molar-refractivity contribution is 9.10. The molecule has 2 rings (SSSR count). The molecule has 0 saturated heterocycles. The van der Waals surface area contributed by atoms with Crippen molar-refractivity contribution in [3.63, 3.8) is 0 Å². The van der Waals surface area contributed by atoms with Gasteiger partial charge in [-0.05, 0) is 54.2 Å². The van der Waals surface area contributed by atoms with Crippen molar-refractivity contribution in [2.75, 3.05) is 18.0 Å². The maximum Gasteiger partial charge on any atom is 0.0592 e. The number of hydrogen-bond donors (Lipinski definition) is 1. The maximum atomic E-state index is 5.60. The third-order valence-corrected chi connectivity index (χ3v) is 3.79. The molecule has 1 saturated carbocycles. The number of pyridine rings is 1. The molecule has 0 aromatic carbocycles. The van der Waals surface area contributed by atoms with Crippen LogP contribution < -0.4 is 10.6 Å². The number of anilines is 1. The van der Waals surface area contributed by atoms with E-state index in [1.807, 2.05) is 12.4 Å². The summed E-state index contributed by atoms with van der Waals surface area (Å²) in [5, 5.41) is 0. The maximum absolute atomic E-state index is 5.60. The molecule has 0 aliphatic heterocycles. The lowest BCUT2D eigenvalue weighted by molar-refractivity contribution is 0.384. The van der Waals surface area contributed by atoms with Crippen molar-refractivity contribution >= 4 is 21.6 Å². The van der Waals surface area contributed by atoms with E-state index in [9.17, 15) is 0 Å². The molecule has 4 heteroatoms. The minimum Gasteiger partial charge on any atom is -0.368 e. The first kappa shape index (κ1) is 11.9. The summed E-state index contributed by atoms with van der Waals surface area (Å²) in [6.45, 7) is 1.80. The molecular weight excluding hydrogens is 266 g/mol. The first-order valence-electron chi connectivity index (χ1n) is 5.89. The molecule has 0 spiro atoms. The summed E-state index contributed by atoms with van der Waals surface area (Å²) in [6.07, 6.45) is 8.73. The van der Waals surface area contributed by atoms with E-state index in [1.54, 1.807) is 0 Å². The summed E-state index contributed by atoms with van der Waals surface area (Å²) < 4.78 is 1.08. The lowest BCUT2D eigenvalue weighted by atomic mass is 9.91. The van der Waals surface area contributed by atoms with Crippen molar-refractivity contribution < 1.29 is 0 Å². The molecule has 0 bridgehead atoms. The molecule has 0 amide bonds. The molecule has 88 valence electrons. The van der Waals surface area contributed by atoms with Crippen LogP contribution in [0.3, 0.4) is 0 Å². The number of nitrogens with zero attached hydrogens (tertiary/aromatic N) is 2. The van der Waals surface area contributed by atoms with Crippen LogP contribution in [0.2, 0.25) is 0 Å². The van der Waals surface area contributed by atoms with Gasteiger partial charge in [-0.3, -0.25) is 4.98 Å². The van der Waals surface area contributed by atoms with Gasteiger partial charge in [0.25, 0.3) is 0 Å². The van der Waals surface area contributed by atoms with Gasteiger partial charge in [0.05, 0.1) is 10.2 Å². The van der Waals surface area contributed by atoms with Crippen molar-refractivity contribution in [3.05, 3.63) is 22.9 Å². The lowest BCUT2D eigenvalue weighted by Crippen LogP contribution is -2.41. The smallest absolute Gasteiger partial charge is 0.0592 e. The van der Waals surface area contributed by atoms with E-state index >= 15 is 0 Å². The molecule has 0 atom stereocenters. The molecule has 1 aliphatic carbocycles. The van der Waals surface area contributed by atoms with Crippen LogP contribution in [0.4, 0.5) is 5.69 Å². The van der Waals surface area contributed by atoms with Crippen molar-refractivity contribution in [3.8, 4) is 0 Å². The van der Waals surface area contributed by atoms with Crippen LogP contribution in [0.25, 0.3) is 0 Å². The number of nitrogens with two attached hydrogens (primary N) is 1. The van der Waals surface area contributed by atoms with Crippen molar-refractivity contribution in [2.24, 2.45) is 5.73 Å². The average Bonchev–Trinajstić information content (AvgIpc) is 2.22. The molecule has 0 radical (unpaired) electrons. The Balaban J connectivity index is 2.13. The second kappa shape index (κ2) is 5.64. The average molecular weight is 284 g/mol. The Hall–Kier alpha value is -0.610. The van der Waals surface area contributed by atoms with E-state index in [-0.39, 0.29) is 0 Å². The highest BCUT2D eigenvalue weighted by Gasteiger charge is 2.25. The number of rotatable bonds is 5. The minimum absolute atomic E-state index is 0.699. The molecule has 1 aromatic rings. The van der Waals surface area contributed by atoms with Crippen molar-refractivity contribution in [1.29, 1.82) is 0 Å². The summed E-state index contributed by atoms with van der Waals surface area (Å²) >= 11 is 3.57. The summed E-state index contributed by atoms with van der Waals surface area (Å²) in [7, 11) is 0. The van der Waals surface area contributed by atoms with Crippen LogP contribution in [0.15, 0.2) is 22.9 Å². The SMILES string of the molecule is NCCCN(c1ccncc1Br)C1CCC1. The number of halogens is 1. The number of hydrogen-bond acceptors (Lipinski definition) is 3. The summed E-state index contributed by atoms with van der Waals surface area (Å²) in [5.41, 5.74) is 6.86. The summed E-state index contributed by atoms with van der Waals surface area (Å²) in [4.78, 5) is 6.59. The van der Waals surface area contributed by atoms with Crippen LogP contribution in [0.5, 0.6) is 0 Å². The molecule has 0 unspecified atom stereocenters. The zero-order valence-corrected chi connectivity index (χ0v) is 11.0. The molecule has 1 aliphatic rings. The monoisotopic (exact) mass is 283 g/mol. The van der Waals surface area contributed by atoms with Gasteiger partial charge in [-0.25, -0.2) is 0 Å². The third kappa shape index (κ3) is 2.55. The Bertz CT molecular complexity index is 339. The Morgan fingerprint density at radius 2 is 2.31 bits per heavy atom. The van der Waals surface area contributed by atoms with E-state index in [0.717, 1.165) is 24.0 Å². The Kier molecular flexibility index (Phi) is 4.18. The van der Waals surface area contributed by atoms with Gasteiger partial charge in [0.1, 0.15) is 0 Å². The highest BCUT2D eigenvalue weighted by Crippen LogP contribution is 2.33. The molecule has 3 nitrogen and oxygen atoms in total. The van der Waals surface area contributed by atoms with Crippen LogP contribution in [-0.2, 0) is 0 Å².